The molecule has 9 nitrogen and oxygen atoms in total. The Balaban J connectivity index is 0.00000256. The molecule has 1 aliphatic heterocycles. The van der Waals surface area contributed by atoms with Crippen LogP contribution in [0.5, 0.6) is 0 Å². The summed E-state index contributed by atoms with van der Waals surface area (Å²) in [5.74, 6) is -2.51. The first-order chi connectivity index (χ1) is 7.16. The van der Waals surface area contributed by atoms with E-state index in [0.717, 1.165) is 0 Å². The summed E-state index contributed by atoms with van der Waals surface area (Å²) in [5.41, 5.74) is 0. The van der Waals surface area contributed by atoms with Crippen LogP contribution in [0.25, 0.3) is 0 Å². The molecule has 1 rings (SSSR count). The maximum absolute atomic E-state index is 10.3. The minimum atomic E-state index is -5.08. The van der Waals surface area contributed by atoms with Crippen molar-refractivity contribution in [2.45, 2.75) is 24.1 Å². The van der Waals surface area contributed by atoms with Crippen LogP contribution in [0.3, 0.4) is 0 Å². The van der Waals surface area contributed by atoms with E-state index in [0.29, 0.717) is 0 Å². The molecule has 0 aromatic heterocycles. The average molecular weight is 298 g/mol. The smallest absolute Gasteiger partial charge is 0.756 e. The molecule has 0 aliphatic carbocycles. The van der Waals surface area contributed by atoms with Gasteiger partial charge >= 0.3 is 51.4 Å². The number of ether oxygens (including phenoxy) is 1. The minimum absolute atomic E-state index is 0. The van der Waals surface area contributed by atoms with Gasteiger partial charge in [0.15, 0.2) is 0 Å². The predicted octanol–water partition coefficient (Wildman–Crippen LogP) is -6.73. The second-order valence-corrected chi connectivity index (χ2v) is 4.60. The largest absolute Gasteiger partial charge is 1.00 e. The van der Waals surface area contributed by atoms with Gasteiger partial charge in [0.2, 0.25) is 5.79 Å². The van der Waals surface area contributed by atoms with Gasteiger partial charge < -0.3 is 39.5 Å². The van der Waals surface area contributed by atoms with Crippen LogP contribution in [-0.4, -0.2) is 62.6 Å². The molecule has 0 aromatic carbocycles. The maximum atomic E-state index is 10.3. The van der Waals surface area contributed by atoms with Crippen LogP contribution in [0.1, 0.15) is 0 Å². The fraction of sp³-hybridized carbons (Fsp3) is 1.00. The molecule has 0 spiro atoms. The standard InChI is InChI=1S/C6H13O9P.K/c7-3-1-14-6(10,5(9)4(3)8)2-15-16(11,12)13;/h3-5,7-10H,1-2H2,(H2,11,12,13);/q;+1/p-1/t3-,4-,5?,6?;/m0./s1. The van der Waals surface area contributed by atoms with Gasteiger partial charge in [-0.3, -0.25) is 4.57 Å². The van der Waals surface area contributed by atoms with Crippen LogP contribution < -0.4 is 56.3 Å². The van der Waals surface area contributed by atoms with E-state index in [2.05, 4.69) is 9.26 Å². The number of hydrogen-bond acceptors (Lipinski definition) is 8. The topological polar surface area (TPSA) is 160 Å². The van der Waals surface area contributed by atoms with E-state index in [9.17, 15) is 24.8 Å². The van der Waals surface area contributed by atoms with Gasteiger partial charge in [-0.15, -0.1) is 0 Å². The Bertz CT molecular complexity index is 295. The molecule has 5 N–H and O–H groups in total. The summed E-state index contributed by atoms with van der Waals surface area (Å²) in [7, 11) is -5.08. The molecule has 11 heteroatoms. The molecular formula is C6H12KO9P. The molecule has 0 saturated carbocycles. The van der Waals surface area contributed by atoms with Gasteiger partial charge in [0, 0.05) is 0 Å². The van der Waals surface area contributed by atoms with Gasteiger partial charge in [-0.25, -0.2) is 0 Å². The first kappa shape index (κ1) is 18.5. The molecule has 5 atom stereocenters. The van der Waals surface area contributed by atoms with Crippen LogP contribution >= 0.6 is 7.82 Å². The number of phosphoric ester groups is 1. The van der Waals surface area contributed by atoms with Crippen molar-refractivity contribution in [3.63, 3.8) is 0 Å². The molecule has 17 heavy (non-hydrogen) atoms. The first-order valence-electron chi connectivity index (χ1n) is 4.24. The van der Waals surface area contributed by atoms with Crippen molar-refractivity contribution in [1.82, 2.24) is 0 Å². The van der Waals surface area contributed by atoms with Crippen LogP contribution in [0.4, 0.5) is 0 Å². The Morgan fingerprint density at radius 1 is 1.47 bits per heavy atom. The number of rotatable bonds is 3. The van der Waals surface area contributed by atoms with Crippen molar-refractivity contribution >= 4 is 7.82 Å². The zero-order valence-corrected chi connectivity index (χ0v) is 13.0. The third-order valence-corrected chi connectivity index (χ3v) is 2.57. The Morgan fingerprint density at radius 3 is 2.47 bits per heavy atom. The number of aliphatic hydroxyl groups is 4. The van der Waals surface area contributed by atoms with Crippen molar-refractivity contribution < 1.29 is 95.4 Å². The number of aliphatic hydroxyl groups excluding tert-OH is 3. The summed E-state index contributed by atoms with van der Waals surface area (Å²) in [6.07, 6.45) is -5.10. The monoisotopic (exact) mass is 298 g/mol. The van der Waals surface area contributed by atoms with E-state index in [1.165, 1.54) is 0 Å². The SMILES string of the molecule is O=P([O-])(O)OCC1(O)OC[C@H](O)[C@H](O)C1O.[K+]. The fourth-order valence-electron chi connectivity index (χ4n) is 1.19. The van der Waals surface area contributed by atoms with Crippen molar-refractivity contribution in [3.8, 4) is 0 Å². The quantitative estimate of drug-likeness (QED) is 0.252. The minimum Gasteiger partial charge on any atom is -0.756 e. The van der Waals surface area contributed by atoms with Crippen molar-refractivity contribution in [1.29, 1.82) is 0 Å². The second-order valence-electron chi connectivity index (χ2n) is 3.40. The molecule has 0 bridgehead atoms. The van der Waals surface area contributed by atoms with Crippen LogP contribution in [0.15, 0.2) is 0 Å². The summed E-state index contributed by atoms with van der Waals surface area (Å²) in [4.78, 5) is 18.6. The predicted molar refractivity (Wildman–Crippen MR) is 44.7 cm³/mol. The van der Waals surface area contributed by atoms with Gasteiger partial charge in [-0.1, -0.05) is 0 Å². The van der Waals surface area contributed by atoms with Gasteiger partial charge in [-0.2, -0.15) is 0 Å². The summed E-state index contributed by atoms with van der Waals surface area (Å²) in [5, 5.41) is 37.1. The van der Waals surface area contributed by atoms with Gasteiger partial charge in [-0.05, 0) is 0 Å². The van der Waals surface area contributed by atoms with Crippen molar-refractivity contribution in [3.05, 3.63) is 0 Å². The van der Waals surface area contributed by atoms with E-state index in [1.54, 1.807) is 0 Å². The van der Waals surface area contributed by atoms with E-state index < -0.39 is 45.1 Å². The van der Waals surface area contributed by atoms with Crippen LogP contribution in [0, 0.1) is 0 Å². The van der Waals surface area contributed by atoms with Crippen molar-refractivity contribution in [2.75, 3.05) is 13.2 Å². The van der Waals surface area contributed by atoms with E-state index in [-0.39, 0.29) is 51.4 Å². The number of hydrogen-bond donors (Lipinski definition) is 5. The molecular weight excluding hydrogens is 286 g/mol. The zero-order chi connectivity index (χ0) is 12.6. The summed E-state index contributed by atoms with van der Waals surface area (Å²) >= 11 is 0. The molecule has 3 unspecified atom stereocenters. The van der Waals surface area contributed by atoms with E-state index >= 15 is 0 Å². The zero-order valence-electron chi connectivity index (χ0n) is 8.96. The van der Waals surface area contributed by atoms with Gasteiger partial charge in [0.1, 0.15) is 24.9 Å². The van der Waals surface area contributed by atoms with E-state index in [1.807, 2.05) is 0 Å². The molecule has 1 fully saturated rings. The summed E-state index contributed by atoms with van der Waals surface area (Å²) in [6, 6.07) is 0. The molecule has 1 aliphatic rings. The Kier molecular flexibility index (Phi) is 7.44. The Labute approximate surface area is 139 Å². The van der Waals surface area contributed by atoms with Crippen LogP contribution in [0.2, 0.25) is 0 Å². The molecule has 0 amide bonds. The number of phosphoric acid groups is 1. The van der Waals surface area contributed by atoms with Crippen molar-refractivity contribution in [2.24, 2.45) is 0 Å². The maximum Gasteiger partial charge on any atom is 1.00 e. The average Bonchev–Trinajstić information content (AvgIpc) is 2.18. The summed E-state index contributed by atoms with van der Waals surface area (Å²) < 4.78 is 18.7. The Hall–Kier alpha value is 1.55. The Morgan fingerprint density at radius 2 is 2.00 bits per heavy atom. The second kappa shape index (κ2) is 6.82. The first-order valence-corrected chi connectivity index (χ1v) is 5.74. The molecule has 1 heterocycles. The summed E-state index contributed by atoms with van der Waals surface area (Å²) in [6.45, 7) is -1.62. The van der Waals surface area contributed by atoms with Crippen LogP contribution in [-0.2, 0) is 13.8 Å². The third-order valence-electron chi connectivity index (χ3n) is 2.12. The molecule has 0 aromatic rings. The normalized spacial score (nSPS) is 41.4. The van der Waals surface area contributed by atoms with Gasteiger partial charge in [0.05, 0.1) is 6.61 Å². The fourth-order valence-corrected chi connectivity index (χ4v) is 1.54. The molecule has 0 radical (unpaired) electrons. The third kappa shape index (κ3) is 5.20. The molecule has 1 saturated heterocycles. The van der Waals surface area contributed by atoms with E-state index in [4.69, 9.17) is 10.00 Å². The molecule has 96 valence electrons. The van der Waals surface area contributed by atoms with Gasteiger partial charge in [0.25, 0.3) is 7.82 Å².